The van der Waals surface area contributed by atoms with Crippen molar-refractivity contribution in [3.63, 3.8) is 0 Å². The van der Waals surface area contributed by atoms with E-state index in [1.807, 2.05) is 20.8 Å². The van der Waals surface area contributed by atoms with Crippen molar-refractivity contribution in [2.24, 2.45) is 0 Å². The zero-order valence-electron chi connectivity index (χ0n) is 11.7. The van der Waals surface area contributed by atoms with E-state index in [4.69, 9.17) is 0 Å². The smallest absolute Gasteiger partial charge is 0.126 e. The first kappa shape index (κ1) is 15.1. The average Bonchev–Trinajstić information content (AvgIpc) is 2.75. The molecule has 1 aromatic carbocycles. The summed E-state index contributed by atoms with van der Waals surface area (Å²) < 4.78 is 26.2. The number of benzene rings is 1. The molecule has 0 fully saturated rings. The highest BCUT2D eigenvalue weighted by molar-refractivity contribution is 7.09. The third kappa shape index (κ3) is 3.61. The molecular formula is C15H17F2NOS. The fourth-order valence-electron chi connectivity index (χ4n) is 1.84. The predicted octanol–water partition coefficient (Wildman–Crippen LogP) is 3.99. The highest BCUT2D eigenvalue weighted by atomic mass is 32.1. The standard InChI is InChI=1S/C15H17F2NOS/c1-15(2,3)14-18-12(8-20-14)13(19)6-9-4-10(16)7-11(17)5-9/h4-5,7-8,13,19H,6H2,1-3H3. The Morgan fingerprint density at radius 2 is 1.80 bits per heavy atom. The van der Waals surface area contributed by atoms with E-state index in [2.05, 4.69) is 4.98 Å². The maximum atomic E-state index is 13.1. The molecule has 0 aliphatic heterocycles. The van der Waals surface area contributed by atoms with Gasteiger partial charge in [-0.25, -0.2) is 13.8 Å². The third-order valence-electron chi connectivity index (χ3n) is 2.86. The summed E-state index contributed by atoms with van der Waals surface area (Å²) >= 11 is 1.48. The number of nitrogens with zero attached hydrogens (tertiary/aromatic N) is 1. The fraction of sp³-hybridized carbons (Fsp3) is 0.400. The molecule has 0 amide bonds. The van der Waals surface area contributed by atoms with Gasteiger partial charge in [0.25, 0.3) is 0 Å². The summed E-state index contributed by atoms with van der Waals surface area (Å²) in [6.07, 6.45) is -0.717. The Hall–Kier alpha value is -1.33. The van der Waals surface area contributed by atoms with Crippen LogP contribution < -0.4 is 0 Å². The molecule has 0 aliphatic carbocycles. The van der Waals surface area contributed by atoms with Gasteiger partial charge in [0, 0.05) is 23.3 Å². The van der Waals surface area contributed by atoms with Crippen LogP contribution >= 0.6 is 11.3 Å². The van der Waals surface area contributed by atoms with Crippen LogP contribution in [0.3, 0.4) is 0 Å². The van der Waals surface area contributed by atoms with Crippen molar-refractivity contribution in [1.29, 1.82) is 0 Å². The molecule has 2 nitrogen and oxygen atoms in total. The molecule has 0 saturated heterocycles. The van der Waals surface area contributed by atoms with Crippen molar-refractivity contribution in [3.05, 3.63) is 51.5 Å². The predicted molar refractivity (Wildman–Crippen MR) is 75.8 cm³/mol. The Labute approximate surface area is 121 Å². The number of rotatable bonds is 3. The lowest BCUT2D eigenvalue weighted by Gasteiger charge is -2.14. The van der Waals surface area contributed by atoms with Crippen LogP contribution in [0.4, 0.5) is 8.78 Å². The molecule has 0 aliphatic rings. The molecule has 0 saturated carbocycles. The van der Waals surface area contributed by atoms with E-state index in [0.29, 0.717) is 11.3 Å². The summed E-state index contributed by atoms with van der Waals surface area (Å²) in [5.74, 6) is -1.28. The maximum absolute atomic E-state index is 13.1. The lowest BCUT2D eigenvalue weighted by atomic mass is 9.98. The van der Waals surface area contributed by atoms with E-state index < -0.39 is 17.7 Å². The maximum Gasteiger partial charge on any atom is 0.126 e. The molecule has 0 spiro atoms. The quantitative estimate of drug-likeness (QED) is 0.929. The van der Waals surface area contributed by atoms with E-state index in [1.54, 1.807) is 5.38 Å². The van der Waals surface area contributed by atoms with E-state index in [-0.39, 0.29) is 11.8 Å². The Morgan fingerprint density at radius 3 is 2.30 bits per heavy atom. The van der Waals surface area contributed by atoms with Gasteiger partial charge in [-0.05, 0) is 17.7 Å². The van der Waals surface area contributed by atoms with Crippen LogP contribution in [-0.4, -0.2) is 10.1 Å². The first-order valence-electron chi connectivity index (χ1n) is 6.34. The number of hydrogen-bond acceptors (Lipinski definition) is 3. The number of thiazole rings is 1. The van der Waals surface area contributed by atoms with Gasteiger partial charge < -0.3 is 5.11 Å². The molecular weight excluding hydrogens is 280 g/mol. The van der Waals surface area contributed by atoms with Gasteiger partial charge in [0.15, 0.2) is 0 Å². The topological polar surface area (TPSA) is 33.1 Å². The Balaban J connectivity index is 2.15. The zero-order chi connectivity index (χ0) is 14.9. The molecule has 0 bridgehead atoms. The van der Waals surface area contributed by atoms with Gasteiger partial charge in [0.2, 0.25) is 0 Å². The summed E-state index contributed by atoms with van der Waals surface area (Å²) in [5.41, 5.74) is 0.887. The van der Waals surface area contributed by atoms with E-state index >= 15 is 0 Å². The summed E-state index contributed by atoms with van der Waals surface area (Å²) in [4.78, 5) is 4.40. The van der Waals surface area contributed by atoms with Crippen LogP contribution in [0.5, 0.6) is 0 Å². The molecule has 108 valence electrons. The molecule has 1 heterocycles. The second-order valence-corrected chi connectivity index (χ2v) is 6.68. The normalized spacial score (nSPS) is 13.5. The molecule has 1 N–H and O–H groups in total. The van der Waals surface area contributed by atoms with Gasteiger partial charge in [-0.1, -0.05) is 20.8 Å². The highest BCUT2D eigenvalue weighted by Gasteiger charge is 2.20. The van der Waals surface area contributed by atoms with Crippen molar-refractivity contribution in [2.75, 3.05) is 0 Å². The molecule has 5 heteroatoms. The summed E-state index contributed by atoms with van der Waals surface area (Å²) in [7, 11) is 0. The zero-order valence-corrected chi connectivity index (χ0v) is 12.5. The Bertz CT molecular complexity index is 584. The molecule has 1 unspecified atom stereocenters. The van der Waals surface area contributed by atoms with Crippen LogP contribution in [0.25, 0.3) is 0 Å². The average molecular weight is 297 g/mol. The summed E-state index contributed by atoms with van der Waals surface area (Å²) in [5, 5.41) is 12.9. The van der Waals surface area contributed by atoms with Gasteiger partial charge >= 0.3 is 0 Å². The molecule has 20 heavy (non-hydrogen) atoms. The van der Waals surface area contributed by atoms with Crippen molar-refractivity contribution in [1.82, 2.24) is 4.98 Å². The van der Waals surface area contributed by atoms with Crippen LogP contribution in [0.2, 0.25) is 0 Å². The van der Waals surface area contributed by atoms with Crippen molar-refractivity contribution < 1.29 is 13.9 Å². The molecule has 2 rings (SSSR count). The van der Waals surface area contributed by atoms with Gasteiger partial charge in [-0.2, -0.15) is 0 Å². The fourth-order valence-corrected chi connectivity index (χ4v) is 2.79. The number of aromatic nitrogens is 1. The van der Waals surface area contributed by atoms with Crippen LogP contribution in [0, 0.1) is 11.6 Å². The van der Waals surface area contributed by atoms with Crippen LogP contribution in [0.1, 0.15) is 43.1 Å². The van der Waals surface area contributed by atoms with Gasteiger partial charge in [-0.15, -0.1) is 11.3 Å². The number of aliphatic hydroxyl groups is 1. The summed E-state index contributed by atoms with van der Waals surface area (Å²) in [6, 6.07) is 3.27. The van der Waals surface area contributed by atoms with E-state index in [0.717, 1.165) is 11.1 Å². The minimum atomic E-state index is -0.858. The first-order chi connectivity index (χ1) is 9.25. The molecule has 2 aromatic rings. The number of aliphatic hydroxyl groups excluding tert-OH is 1. The van der Waals surface area contributed by atoms with Crippen molar-refractivity contribution >= 4 is 11.3 Å². The first-order valence-corrected chi connectivity index (χ1v) is 7.22. The van der Waals surface area contributed by atoms with Gasteiger partial charge in [0.05, 0.1) is 10.7 Å². The van der Waals surface area contributed by atoms with Gasteiger partial charge in [0.1, 0.15) is 17.7 Å². The van der Waals surface area contributed by atoms with E-state index in [1.165, 1.54) is 23.5 Å². The SMILES string of the molecule is CC(C)(C)c1nc(C(O)Cc2cc(F)cc(F)c2)cs1. The monoisotopic (exact) mass is 297 g/mol. The Morgan fingerprint density at radius 1 is 1.20 bits per heavy atom. The van der Waals surface area contributed by atoms with Gasteiger partial charge in [-0.3, -0.25) is 0 Å². The molecule has 1 atom stereocenters. The van der Waals surface area contributed by atoms with Crippen LogP contribution in [-0.2, 0) is 11.8 Å². The minimum absolute atomic E-state index is 0.0758. The lowest BCUT2D eigenvalue weighted by Crippen LogP contribution is -2.11. The second-order valence-electron chi connectivity index (χ2n) is 5.83. The number of hydrogen-bond donors (Lipinski definition) is 1. The third-order valence-corrected chi connectivity index (χ3v) is 4.14. The second kappa shape index (κ2) is 5.58. The van der Waals surface area contributed by atoms with E-state index in [9.17, 15) is 13.9 Å². The highest BCUT2D eigenvalue weighted by Crippen LogP contribution is 2.28. The largest absolute Gasteiger partial charge is 0.386 e. The van der Waals surface area contributed by atoms with Crippen molar-refractivity contribution in [3.8, 4) is 0 Å². The molecule has 0 radical (unpaired) electrons. The minimum Gasteiger partial charge on any atom is -0.386 e. The van der Waals surface area contributed by atoms with Crippen LogP contribution in [0.15, 0.2) is 23.6 Å². The lowest BCUT2D eigenvalue weighted by molar-refractivity contribution is 0.173. The Kier molecular flexibility index (Phi) is 4.20. The molecule has 1 aromatic heterocycles. The van der Waals surface area contributed by atoms with Crippen molar-refractivity contribution in [2.45, 2.75) is 38.7 Å². The summed E-state index contributed by atoms with van der Waals surface area (Å²) in [6.45, 7) is 6.14. The number of halogens is 2.